The van der Waals surface area contributed by atoms with Crippen LogP contribution in [0.25, 0.3) is 27.8 Å². The highest BCUT2D eigenvalue weighted by Gasteiger charge is 2.51. The maximum absolute atomic E-state index is 13.2. The zero-order valence-electron chi connectivity index (χ0n) is 19.3. The first-order valence-electron chi connectivity index (χ1n) is 10.7. The van der Waals surface area contributed by atoms with Crippen LogP contribution < -0.4 is 11.0 Å². The molecule has 4 aromatic rings. The predicted octanol–water partition coefficient (Wildman–Crippen LogP) is 3.57. The third kappa shape index (κ3) is 3.42. The molecule has 1 saturated heterocycles. The van der Waals surface area contributed by atoms with Gasteiger partial charge in [-0.3, -0.25) is 14.3 Å². The van der Waals surface area contributed by atoms with Crippen molar-refractivity contribution in [1.29, 1.82) is 0 Å². The third-order valence-corrected chi connectivity index (χ3v) is 6.69. The molecule has 176 valence electrons. The minimum Gasteiger partial charge on any atom is -0.399 e. The van der Waals surface area contributed by atoms with Gasteiger partial charge in [-0.15, -0.1) is 0 Å². The summed E-state index contributed by atoms with van der Waals surface area (Å²) in [6.45, 7) is 7.80. The van der Waals surface area contributed by atoms with Crippen LogP contribution in [0.5, 0.6) is 0 Å². The molecule has 1 fully saturated rings. The van der Waals surface area contributed by atoms with Gasteiger partial charge in [-0.2, -0.15) is 18.3 Å². The predicted molar refractivity (Wildman–Crippen MR) is 122 cm³/mol. The van der Waals surface area contributed by atoms with Crippen molar-refractivity contribution in [3.8, 4) is 11.3 Å². The average molecular weight is 470 g/mol. The van der Waals surface area contributed by atoms with Gasteiger partial charge in [0.25, 0.3) is 5.56 Å². The number of rotatable bonds is 2. The summed E-state index contributed by atoms with van der Waals surface area (Å²) >= 11 is 0. The molecular formula is C23H22BF3N4O3. The molecule has 11 heteroatoms. The van der Waals surface area contributed by atoms with E-state index in [-0.39, 0.29) is 16.8 Å². The molecular weight excluding hydrogens is 448 g/mol. The molecule has 1 aliphatic rings. The van der Waals surface area contributed by atoms with Gasteiger partial charge in [-0.1, -0.05) is 6.07 Å². The van der Waals surface area contributed by atoms with Gasteiger partial charge in [0, 0.05) is 24.9 Å². The van der Waals surface area contributed by atoms with Crippen LogP contribution in [0.1, 0.15) is 33.4 Å². The standard InChI is InChI=1S/C23H22BF3N4O3/c1-21(2)22(3,4)34-24(33-21)14-6-7-15-17(11-14)31-19(30(5)20(15)32)12-16(29-31)13-8-9-28-18(10-13)23(25,26)27/h6-12H,1-5H3. The second-order valence-corrected chi connectivity index (χ2v) is 9.46. The number of aromatic nitrogens is 4. The summed E-state index contributed by atoms with van der Waals surface area (Å²) in [6, 6.07) is 9.22. The van der Waals surface area contributed by atoms with Crippen LogP contribution in [-0.4, -0.2) is 37.5 Å². The Morgan fingerprint density at radius 2 is 1.68 bits per heavy atom. The van der Waals surface area contributed by atoms with E-state index in [2.05, 4.69) is 10.1 Å². The van der Waals surface area contributed by atoms with Crippen molar-refractivity contribution < 1.29 is 22.5 Å². The van der Waals surface area contributed by atoms with Gasteiger partial charge in [0.2, 0.25) is 0 Å². The van der Waals surface area contributed by atoms with Gasteiger partial charge in [-0.05, 0) is 57.4 Å². The van der Waals surface area contributed by atoms with Gasteiger partial charge in [0.1, 0.15) is 11.3 Å². The highest BCUT2D eigenvalue weighted by atomic mass is 19.4. The molecule has 3 aromatic heterocycles. The van der Waals surface area contributed by atoms with Gasteiger partial charge in [-0.25, -0.2) is 4.52 Å². The van der Waals surface area contributed by atoms with E-state index in [1.807, 2.05) is 27.7 Å². The van der Waals surface area contributed by atoms with Gasteiger partial charge in [0.15, 0.2) is 0 Å². The highest BCUT2D eigenvalue weighted by Crippen LogP contribution is 2.36. The molecule has 0 aliphatic carbocycles. The Bertz CT molecular complexity index is 1490. The first kappa shape index (κ1) is 22.6. The highest BCUT2D eigenvalue weighted by molar-refractivity contribution is 6.62. The van der Waals surface area contributed by atoms with Crippen molar-refractivity contribution in [3.05, 3.63) is 58.6 Å². The molecule has 34 heavy (non-hydrogen) atoms. The van der Waals surface area contributed by atoms with Crippen LogP contribution in [0, 0.1) is 0 Å². The van der Waals surface area contributed by atoms with Gasteiger partial charge in [0.05, 0.1) is 27.8 Å². The van der Waals surface area contributed by atoms with E-state index in [0.717, 1.165) is 12.3 Å². The number of alkyl halides is 3. The van der Waals surface area contributed by atoms with Crippen molar-refractivity contribution in [2.75, 3.05) is 0 Å². The number of nitrogens with zero attached hydrogens (tertiary/aromatic N) is 4. The second kappa shape index (κ2) is 7.16. The maximum atomic E-state index is 13.2. The lowest BCUT2D eigenvalue weighted by Gasteiger charge is -2.32. The molecule has 0 amide bonds. The topological polar surface area (TPSA) is 70.7 Å². The van der Waals surface area contributed by atoms with Gasteiger partial charge < -0.3 is 9.31 Å². The first-order valence-corrected chi connectivity index (χ1v) is 10.7. The quantitative estimate of drug-likeness (QED) is 0.419. The molecule has 0 radical (unpaired) electrons. The van der Waals surface area contributed by atoms with Crippen LogP contribution >= 0.6 is 0 Å². The Labute approximate surface area is 193 Å². The van der Waals surface area contributed by atoms with Crippen molar-refractivity contribution >= 4 is 29.1 Å². The van der Waals surface area contributed by atoms with E-state index in [1.165, 1.54) is 10.6 Å². The zero-order valence-corrected chi connectivity index (χ0v) is 19.3. The fourth-order valence-corrected chi connectivity index (χ4v) is 3.99. The minimum atomic E-state index is -4.58. The number of fused-ring (bicyclic) bond motifs is 3. The molecule has 0 bridgehead atoms. The average Bonchev–Trinajstić information content (AvgIpc) is 3.30. The van der Waals surface area contributed by atoms with Gasteiger partial charge >= 0.3 is 13.3 Å². The van der Waals surface area contributed by atoms with Crippen LogP contribution in [0.3, 0.4) is 0 Å². The monoisotopic (exact) mass is 470 g/mol. The molecule has 1 aliphatic heterocycles. The maximum Gasteiger partial charge on any atom is 0.494 e. The Hall–Kier alpha value is -3.18. The summed E-state index contributed by atoms with van der Waals surface area (Å²) < 4.78 is 54.7. The number of aryl methyl sites for hydroxylation is 1. The lowest BCUT2D eigenvalue weighted by molar-refractivity contribution is -0.141. The van der Waals surface area contributed by atoms with Crippen LogP contribution in [0.15, 0.2) is 47.4 Å². The number of halogens is 3. The molecule has 4 heterocycles. The Morgan fingerprint density at radius 1 is 1.00 bits per heavy atom. The van der Waals surface area contributed by atoms with Crippen LogP contribution in [-0.2, 0) is 22.5 Å². The van der Waals surface area contributed by atoms with Crippen molar-refractivity contribution in [2.45, 2.75) is 45.1 Å². The number of pyridine rings is 1. The molecule has 0 unspecified atom stereocenters. The molecule has 0 atom stereocenters. The first-order chi connectivity index (χ1) is 15.8. The normalized spacial score (nSPS) is 17.7. The SMILES string of the molecule is Cn1c(=O)c2ccc(B3OC(C)(C)C(C)(C)O3)cc2n2nc(-c3ccnc(C(F)(F)F)c3)cc12. The van der Waals surface area contributed by atoms with Crippen molar-refractivity contribution in [2.24, 2.45) is 7.05 Å². The summed E-state index contributed by atoms with van der Waals surface area (Å²) in [5.41, 5.74) is -0.156. The largest absolute Gasteiger partial charge is 0.494 e. The fourth-order valence-electron chi connectivity index (χ4n) is 3.99. The fraction of sp³-hybridized carbons (Fsp3) is 0.348. The molecule has 7 nitrogen and oxygen atoms in total. The molecule has 0 saturated carbocycles. The Kier molecular flexibility index (Phi) is 4.76. The summed E-state index contributed by atoms with van der Waals surface area (Å²) in [5.74, 6) is 0. The van der Waals surface area contributed by atoms with Crippen LogP contribution in [0.4, 0.5) is 13.2 Å². The Balaban J connectivity index is 1.69. The van der Waals surface area contributed by atoms with E-state index < -0.39 is 30.2 Å². The third-order valence-electron chi connectivity index (χ3n) is 6.69. The van der Waals surface area contributed by atoms with Crippen LogP contribution in [0.2, 0.25) is 0 Å². The molecule has 0 N–H and O–H groups in total. The summed E-state index contributed by atoms with van der Waals surface area (Å²) in [4.78, 5) is 16.4. The van der Waals surface area contributed by atoms with Crippen molar-refractivity contribution in [1.82, 2.24) is 19.2 Å². The summed E-state index contributed by atoms with van der Waals surface area (Å²) in [6.07, 6.45) is -3.48. The molecule has 5 rings (SSSR count). The second-order valence-electron chi connectivity index (χ2n) is 9.46. The number of benzene rings is 1. The lowest BCUT2D eigenvalue weighted by atomic mass is 9.79. The summed E-state index contributed by atoms with van der Waals surface area (Å²) in [5, 5.41) is 4.95. The zero-order chi connectivity index (χ0) is 24.6. The Morgan fingerprint density at radius 3 is 2.32 bits per heavy atom. The van der Waals surface area contributed by atoms with E-state index in [0.29, 0.717) is 22.0 Å². The number of hydrogen-bond acceptors (Lipinski definition) is 5. The van der Waals surface area contributed by atoms with E-state index in [4.69, 9.17) is 9.31 Å². The smallest absolute Gasteiger partial charge is 0.399 e. The molecule has 1 aromatic carbocycles. The number of hydrogen-bond donors (Lipinski definition) is 0. The van der Waals surface area contributed by atoms with E-state index >= 15 is 0 Å². The van der Waals surface area contributed by atoms with Crippen molar-refractivity contribution in [3.63, 3.8) is 0 Å². The minimum absolute atomic E-state index is 0.244. The van der Waals surface area contributed by atoms with E-state index in [1.54, 1.807) is 35.8 Å². The molecule has 0 spiro atoms. The summed E-state index contributed by atoms with van der Waals surface area (Å²) in [7, 11) is 0.955. The lowest BCUT2D eigenvalue weighted by Crippen LogP contribution is -2.41. The van der Waals surface area contributed by atoms with E-state index in [9.17, 15) is 18.0 Å².